The van der Waals surface area contributed by atoms with Gasteiger partial charge >= 0.3 is 6.36 Å². The largest absolute Gasteiger partial charge is 0.573 e. The van der Waals surface area contributed by atoms with Crippen molar-refractivity contribution >= 4 is 28.1 Å². The molecule has 0 fully saturated rings. The normalized spacial score (nSPS) is 17.5. The molecule has 1 aliphatic heterocycles. The molecule has 200 valence electrons. The van der Waals surface area contributed by atoms with E-state index >= 15 is 8.78 Å². The van der Waals surface area contributed by atoms with Gasteiger partial charge in [0.15, 0.2) is 34.5 Å². The first-order valence-corrected chi connectivity index (χ1v) is 11.0. The topological polar surface area (TPSA) is 96.0 Å². The zero-order chi connectivity index (χ0) is 27.4. The Morgan fingerprint density at radius 1 is 1.00 bits per heavy atom. The Morgan fingerprint density at radius 2 is 1.66 bits per heavy atom. The lowest BCUT2D eigenvalue weighted by atomic mass is 10.0. The van der Waals surface area contributed by atoms with Crippen molar-refractivity contribution in [2.45, 2.75) is 25.7 Å². The molecule has 4 aromatic rings. The van der Waals surface area contributed by atoms with Crippen LogP contribution in [0.2, 0.25) is 0 Å². The van der Waals surface area contributed by atoms with E-state index in [1.54, 1.807) is 0 Å². The van der Waals surface area contributed by atoms with Crippen molar-refractivity contribution < 1.29 is 41.3 Å². The maximum absolute atomic E-state index is 15.6. The van der Waals surface area contributed by atoms with Crippen LogP contribution < -0.4 is 24.0 Å². The first-order valence-electron chi connectivity index (χ1n) is 11.0. The Balaban J connectivity index is 1.82. The summed E-state index contributed by atoms with van der Waals surface area (Å²) in [6, 6.07) is 6.07. The quantitative estimate of drug-likeness (QED) is 0.345. The molecular weight excluding hydrogens is 517 g/mol. The Kier molecular flexibility index (Phi) is 5.93. The first-order chi connectivity index (χ1) is 18.0. The fourth-order valence-electron chi connectivity index (χ4n) is 4.56. The number of methoxy groups -OCH3 is 2. The molecule has 0 aliphatic carbocycles. The molecular formula is C24H20F5N5O4. The first kappa shape index (κ1) is 25.3. The van der Waals surface area contributed by atoms with Crippen LogP contribution in [0.1, 0.15) is 12.5 Å². The zero-order valence-corrected chi connectivity index (χ0v) is 20.1. The molecule has 1 aliphatic rings. The minimum absolute atomic E-state index is 0.207. The minimum atomic E-state index is -5.07. The molecule has 0 radical (unpaired) electrons. The van der Waals surface area contributed by atoms with Crippen LogP contribution in [0.4, 0.5) is 39.0 Å². The molecule has 14 heteroatoms. The molecule has 0 amide bonds. The Bertz CT molecular complexity index is 1500. The van der Waals surface area contributed by atoms with Gasteiger partial charge in [0.25, 0.3) is 0 Å². The van der Waals surface area contributed by atoms with Crippen molar-refractivity contribution in [1.82, 2.24) is 15.2 Å². The van der Waals surface area contributed by atoms with E-state index in [2.05, 4.69) is 19.9 Å². The average Bonchev–Trinajstić information content (AvgIpc) is 3.33. The molecule has 1 unspecified atom stereocenters. The number of aromatic nitrogens is 3. The third-order valence-electron chi connectivity index (χ3n) is 6.17. The number of anilines is 3. The van der Waals surface area contributed by atoms with Crippen LogP contribution in [0.5, 0.6) is 17.2 Å². The molecule has 38 heavy (non-hydrogen) atoms. The number of fused-ring (bicyclic) bond motifs is 3. The van der Waals surface area contributed by atoms with E-state index in [-0.39, 0.29) is 35.1 Å². The number of ether oxygens (including phenoxy) is 3. The van der Waals surface area contributed by atoms with E-state index in [9.17, 15) is 18.3 Å². The van der Waals surface area contributed by atoms with E-state index in [1.807, 2.05) is 0 Å². The number of alkyl halides is 3. The average molecular weight is 537 g/mol. The predicted molar refractivity (Wildman–Crippen MR) is 125 cm³/mol. The number of hydrogen-bond donors (Lipinski definition) is 2. The predicted octanol–water partition coefficient (Wildman–Crippen LogP) is 4.98. The highest BCUT2D eigenvalue weighted by Gasteiger charge is 2.48. The van der Waals surface area contributed by atoms with Crippen molar-refractivity contribution in [2.75, 3.05) is 24.0 Å². The van der Waals surface area contributed by atoms with E-state index in [0.717, 1.165) is 21.9 Å². The number of aromatic amines is 1. The molecule has 1 atom stereocenters. The molecule has 2 aromatic heterocycles. The lowest BCUT2D eigenvalue weighted by Crippen LogP contribution is -2.61. The van der Waals surface area contributed by atoms with Crippen molar-refractivity contribution in [1.29, 1.82) is 0 Å². The summed E-state index contributed by atoms with van der Waals surface area (Å²) in [5.74, 6) is -6.13. The number of pyridine rings is 1. The van der Waals surface area contributed by atoms with Crippen LogP contribution in [0, 0.1) is 11.6 Å². The maximum Gasteiger partial charge on any atom is 0.573 e. The zero-order valence-electron chi connectivity index (χ0n) is 20.1. The van der Waals surface area contributed by atoms with Gasteiger partial charge in [0, 0.05) is 24.8 Å². The van der Waals surface area contributed by atoms with Crippen molar-refractivity contribution in [3.63, 3.8) is 0 Å². The van der Waals surface area contributed by atoms with Crippen LogP contribution in [-0.2, 0) is 6.54 Å². The van der Waals surface area contributed by atoms with Crippen LogP contribution >= 0.6 is 0 Å². The second kappa shape index (κ2) is 8.90. The minimum Gasteiger partial charge on any atom is -0.493 e. The fourth-order valence-corrected chi connectivity index (χ4v) is 4.56. The van der Waals surface area contributed by atoms with Gasteiger partial charge in [-0.15, -0.1) is 13.2 Å². The number of rotatable bonds is 5. The van der Waals surface area contributed by atoms with Crippen LogP contribution in [-0.4, -0.2) is 46.7 Å². The van der Waals surface area contributed by atoms with Gasteiger partial charge in [-0.1, -0.05) is 12.1 Å². The fraction of sp³-hybridized carbons (Fsp3) is 0.250. The number of hydrogen-bond acceptors (Lipinski definition) is 8. The Hall–Kier alpha value is -4.33. The highest BCUT2D eigenvalue weighted by Crippen LogP contribution is 2.51. The number of H-pyrrole nitrogens is 1. The second-order valence-electron chi connectivity index (χ2n) is 8.43. The van der Waals surface area contributed by atoms with E-state index in [4.69, 9.17) is 9.47 Å². The summed E-state index contributed by atoms with van der Waals surface area (Å²) in [5.41, 5.74) is -0.187. The van der Waals surface area contributed by atoms with Crippen LogP contribution in [0.25, 0.3) is 11.0 Å². The summed E-state index contributed by atoms with van der Waals surface area (Å²) in [5, 5.41) is 18.9. The number of aliphatic hydroxyl groups is 1. The van der Waals surface area contributed by atoms with Gasteiger partial charge in [-0.05, 0) is 12.1 Å². The molecule has 2 aromatic carbocycles. The summed E-state index contributed by atoms with van der Waals surface area (Å²) in [6.45, 7) is 0.872. The third kappa shape index (κ3) is 3.97. The second-order valence-corrected chi connectivity index (χ2v) is 8.43. The van der Waals surface area contributed by atoms with Crippen molar-refractivity contribution in [2.24, 2.45) is 0 Å². The lowest BCUT2D eigenvalue weighted by molar-refractivity contribution is -0.274. The highest BCUT2D eigenvalue weighted by molar-refractivity contribution is 5.96. The van der Waals surface area contributed by atoms with E-state index in [0.29, 0.717) is 10.9 Å². The summed E-state index contributed by atoms with van der Waals surface area (Å²) < 4.78 is 85.5. The Morgan fingerprint density at radius 3 is 2.29 bits per heavy atom. The van der Waals surface area contributed by atoms with Crippen molar-refractivity contribution in [3.8, 4) is 17.2 Å². The van der Waals surface area contributed by atoms with Gasteiger partial charge in [-0.25, -0.2) is 13.8 Å². The smallest absolute Gasteiger partial charge is 0.493 e. The molecule has 0 spiro atoms. The molecule has 0 saturated carbocycles. The molecule has 0 bridgehead atoms. The summed E-state index contributed by atoms with van der Waals surface area (Å²) >= 11 is 0. The number of para-hydroxylation sites is 2. The monoisotopic (exact) mass is 537 g/mol. The molecule has 3 heterocycles. The summed E-state index contributed by atoms with van der Waals surface area (Å²) in [7, 11) is 2.33. The van der Waals surface area contributed by atoms with Crippen LogP contribution in [0.15, 0.2) is 42.7 Å². The van der Waals surface area contributed by atoms with E-state index in [1.165, 1.54) is 51.7 Å². The number of benzene rings is 2. The summed E-state index contributed by atoms with van der Waals surface area (Å²) in [4.78, 5) is 6.27. The Labute approximate surface area is 212 Å². The van der Waals surface area contributed by atoms with Gasteiger partial charge in [-0.2, -0.15) is 5.10 Å². The lowest BCUT2D eigenvalue weighted by Gasteiger charge is -2.51. The standard InChI is InChI=1S/C24H20F5N5O4/c1-23(35)33(21-18(25)16(36-2)8-17(37-3)19(21)26)11-12-9-30-22-13(10-31-32-22)20(12)34(23)14-6-4-5-7-15(14)38-24(27,28)29/h4-10,35H,11H2,1-3H3,(H,30,31,32). The van der Waals surface area contributed by atoms with Crippen molar-refractivity contribution in [3.05, 3.63) is 59.9 Å². The van der Waals surface area contributed by atoms with Gasteiger partial charge in [0.2, 0.25) is 5.85 Å². The molecule has 9 nitrogen and oxygen atoms in total. The number of nitrogens with zero attached hydrogens (tertiary/aromatic N) is 4. The van der Waals surface area contributed by atoms with E-state index < -0.39 is 35.3 Å². The molecule has 0 saturated heterocycles. The highest BCUT2D eigenvalue weighted by atomic mass is 19.4. The van der Waals surface area contributed by atoms with Gasteiger partial charge in [0.05, 0.1) is 43.7 Å². The van der Waals surface area contributed by atoms with Crippen LogP contribution in [0.3, 0.4) is 0 Å². The third-order valence-corrected chi connectivity index (χ3v) is 6.17. The summed E-state index contributed by atoms with van der Waals surface area (Å²) in [6.07, 6.45) is -2.32. The molecule has 5 rings (SSSR count). The maximum atomic E-state index is 15.6. The number of halogens is 5. The van der Waals surface area contributed by atoms with Gasteiger partial charge in [0.1, 0.15) is 5.69 Å². The molecule has 2 N–H and O–H groups in total. The number of nitrogens with one attached hydrogen (secondary N) is 1. The van der Waals surface area contributed by atoms with Gasteiger partial charge < -0.3 is 24.2 Å². The van der Waals surface area contributed by atoms with Gasteiger partial charge in [-0.3, -0.25) is 10.00 Å². The SMILES string of the molecule is COc1cc(OC)c(F)c(N2Cc3cnc4[nH]ncc4c3N(c3ccccc3OC(F)(F)F)C2(C)O)c1F.